The molecule has 0 bridgehead atoms. The van der Waals surface area contributed by atoms with Gasteiger partial charge in [-0.15, -0.1) is 0 Å². The number of nitrogens with one attached hydrogen (secondary N) is 1. The van der Waals surface area contributed by atoms with Crippen LogP contribution in [0.2, 0.25) is 0 Å². The van der Waals surface area contributed by atoms with E-state index in [0.717, 1.165) is 21.1 Å². The molecule has 0 radical (unpaired) electrons. The summed E-state index contributed by atoms with van der Waals surface area (Å²) in [5.41, 5.74) is 4.29. The van der Waals surface area contributed by atoms with Crippen molar-refractivity contribution in [2.75, 3.05) is 5.32 Å². The number of fused-ring (bicyclic) bond motifs is 1. The number of rotatable bonds is 3. The maximum atomic E-state index is 12.2. The molecule has 1 N–H and O–H groups in total. The lowest BCUT2D eigenvalue weighted by atomic mass is 10.1. The number of hydrogen-bond donors (Lipinski definition) is 1. The van der Waals surface area contributed by atoms with E-state index in [0.29, 0.717) is 6.54 Å². The van der Waals surface area contributed by atoms with E-state index in [1.165, 1.54) is 11.1 Å². The normalized spacial score (nSPS) is 10.9. The largest absolute Gasteiger partial charge is 0.338 e. The molecule has 0 atom stereocenters. The van der Waals surface area contributed by atoms with Crippen molar-refractivity contribution in [3.05, 3.63) is 64.3 Å². The summed E-state index contributed by atoms with van der Waals surface area (Å²) in [6, 6.07) is 14.0. The van der Waals surface area contributed by atoms with Gasteiger partial charge in [0.25, 0.3) is 0 Å². The molecule has 1 heterocycles. The molecular weight excluding hydrogens is 340 g/mol. The number of anilines is 1. The van der Waals surface area contributed by atoms with E-state index in [1.54, 1.807) is 0 Å². The van der Waals surface area contributed by atoms with Gasteiger partial charge in [-0.3, -0.25) is 4.79 Å². The summed E-state index contributed by atoms with van der Waals surface area (Å²) < 4.78 is 3.00. The van der Waals surface area contributed by atoms with Gasteiger partial charge in [0, 0.05) is 27.3 Å². The van der Waals surface area contributed by atoms with E-state index in [1.807, 2.05) is 60.2 Å². The van der Waals surface area contributed by atoms with Crippen LogP contribution in [0.1, 0.15) is 11.1 Å². The molecule has 112 valence electrons. The van der Waals surface area contributed by atoms with Crippen molar-refractivity contribution in [2.45, 2.75) is 20.4 Å². The third kappa shape index (κ3) is 3.07. The molecule has 1 aromatic heterocycles. The molecule has 0 fully saturated rings. The highest BCUT2D eigenvalue weighted by Gasteiger charge is 2.07. The van der Waals surface area contributed by atoms with Crippen LogP contribution in [0.5, 0.6) is 0 Å². The first-order valence-corrected chi connectivity index (χ1v) is 7.94. The predicted molar refractivity (Wildman–Crippen MR) is 94.2 cm³/mol. The van der Waals surface area contributed by atoms with Gasteiger partial charge >= 0.3 is 0 Å². The third-order valence-electron chi connectivity index (χ3n) is 3.84. The molecular formula is C18H17BrN2O. The molecule has 4 heteroatoms. The van der Waals surface area contributed by atoms with Gasteiger partial charge in [0.2, 0.25) is 5.91 Å². The van der Waals surface area contributed by atoms with Crippen LogP contribution in [0.15, 0.2) is 53.1 Å². The van der Waals surface area contributed by atoms with Gasteiger partial charge in [0.1, 0.15) is 6.54 Å². The fourth-order valence-corrected chi connectivity index (χ4v) is 2.86. The number of hydrogen-bond acceptors (Lipinski definition) is 1. The average Bonchev–Trinajstić information content (AvgIpc) is 2.85. The minimum Gasteiger partial charge on any atom is -0.338 e. The summed E-state index contributed by atoms with van der Waals surface area (Å²) in [6.07, 6.45) is 1.94. The first-order valence-electron chi connectivity index (χ1n) is 7.14. The number of halogens is 1. The molecule has 0 aliphatic heterocycles. The van der Waals surface area contributed by atoms with E-state index in [9.17, 15) is 4.79 Å². The summed E-state index contributed by atoms with van der Waals surface area (Å²) in [5, 5.41) is 4.07. The molecule has 0 spiro atoms. The lowest BCUT2D eigenvalue weighted by molar-refractivity contribution is -0.116. The van der Waals surface area contributed by atoms with Crippen LogP contribution in [0, 0.1) is 13.8 Å². The number of benzene rings is 2. The number of aromatic nitrogens is 1. The van der Waals surface area contributed by atoms with Crippen molar-refractivity contribution >= 4 is 38.4 Å². The number of nitrogens with zero attached hydrogens (tertiary/aromatic N) is 1. The Hall–Kier alpha value is -2.07. The van der Waals surface area contributed by atoms with E-state index in [2.05, 4.69) is 28.2 Å². The van der Waals surface area contributed by atoms with E-state index in [-0.39, 0.29) is 5.91 Å². The third-order valence-corrected chi connectivity index (χ3v) is 4.33. The second kappa shape index (κ2) is 5.97. The van der Waals surface area contributed by atoms with Crippen molar-refractivity contribution in [2.24, 2.45) is 0 Å². The van der Waals surface area contributed by atoms with E-state index < -0.39 is 0 Å². The number of amides is 1. The fourth-order valence-electron chi connectivity index (χ4n) is 2.48. The maximum absolute atomic E-state index is 12.2. The quantitative estimate of drug-likeness (QED) is 0.727. The Kier molecular flexibility index (Phi) is 4.03. The van der Waals surface area contributed by atoms with Gasteiger partial charge in [0.15, 0.2) is 0 Å². The fraction of sp³-hybridized carbons (Fsp3) is 0.167. The molecule has 0 aliphatic carbocycles. The first-order chi connectivity index (χ1) is 10.5. The average molecular weight is 357 g/mol. The molecule has 22 heavy (non-hydrogen) atoms. The van der Waals surface area contributed by atoms with Crippen LogP contribution >= 0.6 is 15.9 Å². The molecule has 0 aliphatic rings. The van der Waals surface area contributed by atoms with E-state index in [4.69, 9.17) is 0 Å². The SMILES string of the molecule is Cc1ccc(NC(=O)Cn2ccc3cc(Br)ccc32)cc1C. The van der Waals surface area contributed by atoms with Gasteiger partial charge in [-0.1, -0.05) is 22.0 Å². The monoisotopic (exact) mass is 356 g/mol. The molecule has 1 amide bonds. The van der Waals surface area contributed by atoms with Crippen LogP contribution in [0.3, 0.4) is 0 Å². The summed E-state index contributed by atoms with van der Waals surface area (Å²) in [5.74, 6) is -0.0244. The van der Waals surface area contributed by atoms with E-state index >= 15 is 0 Å². The van der Waals surface area contributed by atoms with Gasteiger partial charge in [-0.25, -0.2) is 0 Å². The van der Waals surface area contributed by atoms with Gasteiger partial charge < -0.3 is 9.88 Å². The van der Waals surface area contributed by atoms with Crippen molar-refractivity contribution in [1.82, 2.24) is 4.57 Å². The number of aryl methyl sites for hydroxylation is 2. The molecule has 3 aromatic rings. The first kappa shape index (κ1) is 14.9. The molecule has 0 saturated heterocycles. The van der Waals surface area contributed by atoms with Crippen LogP contribution < -0.4 is 5.32 Å². The second-order valence-electron chi connectivity index (χ2n) is 5.49. The van der Waals surface area contributed by atoms with Crippen LogP contribution in [0.4, 0.5) is 5.69 Å². The Morgan fingerprint density at radius 1 is 1.09 bits per heavy atom. The zero-order valence-corrected chi connectivity index (χ0v) is 14.1. The molecule has 3 rings (SSSR count). The lowest BCUT2D eigenvalue weighted by Gasteiger charge is -2.09. The number of carbonyl (C=O) groups excluding carboxylic acids is 1. The highest BCUT2D eigenvalue weighted by molar-refractivity contribution is 9.10. The van der Waals surface area contributed by atoms with Gasteiger partial charge in [-0.05, 0) is 61.4 Å². The smallest absolute Gasteiger partial charge is 0.244 e. The Morgan fingerprint density at radius 2 is 1.91 bits per heavy atom. The highest BCUT2D eigenvalue weighted by atomic mass is 79.9. The van der Waals surface area contributed by atoms with Crippen molar-refractivity contribution in [3.63, 3.8) is 0 Å². The van der Waals surface area contributed by atoms with Crippen molar-refractivity contribution < 1.29 is 4.79 Å². The topological polar surface area (TPSA) is 34.0 Å². The van der Waals surface area contributed by atoms with Crippen LogP contribution in [-0.4, -0.2) is 10.5 Å². The summed E-state index contributed by atoms with van der Waals surface area (Å²) in [6.45, 7) is 4.41. The van der Waals surface area contributed by atoms with Crippen molar-refractivity contribution in [1.29, 1.82) is 0 Å². The standard InChI is InChI=1S/C18H17BrN2O/c1-12-3-5-16(9-13(12)2)20-18(22)11-21-8-7-14-10-15(19)4-6-17(14)21/h3-10H,11H2,1-2H3,(H,20,22). The van der Waals surface area contributed by atoms with Crippen LogP contribution in [0.25, 0.3) is 10.9 Å². The number of carbonyl (C=O) groups is 1. The maximum Gasteiger partial charge on any atom is 0.244 e. The molecule has 0 unspecified atom stereocenters. The minimum atomic E-state index is -0.0244. The molecule has 2 aromatic carbocycles. The minimum absolute atomic E-state index is 0.0244. The molecule has 3 nitrogen and oxygen atoms in total. The Bertz CT molecular complexity index is 851. The summed E-state index contributed by atoms with van der Waals surface area (Å²) in [7, 11) is 0. The molecule has 0 saturated carbocycles. The summed E-state index contributed by atoms with van der Waals surface area (Å²) in [4.78, 5) is 12.2. The second-order valence-corrected chi connectivity index (χ2v) is 6.41. The predicted octanol–water partition coefficient (Wildman–Crippen LogP) is 4.66. The van der Waals surface area contributed by atoms with Gasteiger partial charge in [0.05, 0.1) is 0 Å². The highest BCUT2D eigenvalue weighted by Crippen LogP contribution is 2.21. The van der Waals surface area contributed by atoms with Crippen molar-refractivity contribution in [3.8, 4) is 0 Å². The van der Waals surface area contributed by atoms with Gasteiger partial charge in [-0.2, -0.15) is 0 Å². The lowest BCUT2D eigenvalue weighted by Crippen LogP contribution is -2.18. The Morgan fingerprint density at radius 3 is 2.68 bits per heavy atom. The summed E-state index contributed by atoms with van der Waals surface area (Å²) >= 11 is 3.46. The zero-order valence-electron chi connectivity index (χ0n) is 12.6. The Labute approximate surface area is 138 Å². The Balaban J connectivity index is 1.76. The van der Waals surface area contributed by atoms with Crippen LogP contribution in [-0.2, 0) is 11.3 Å². The zero-order chi connectivity index (χ0) is 15.7.